The van der Waals surface area contributed by atoms with Gasteiger partial charge in [-0.05, 0) is 63.6 Å². The quantitative estimate of drug-likeness (QED) is 0.156. The number of carbonyl (C=O) groups is 1. The van der Waals surface area contributed by atoms with Gasteiger partial charge >= 0.3 is 6.03 Å². The largest absolute Gasteiger partial charge is 0.381 e. The lowest BCUT2D eigenvalue weighted by Gasteiger charge is -2.12. The minimum atomic E-state index is -0.194. The van der Waals surface area contributed by atoms with E-state index >= 15 is 0 Å². The van der Waals surface area contributed by atoms with Gasteiger partial charge in [0.05, 0.1) is 6.54 Å². The van der Waals surface area contributed by atoms with Gasteiger partial charge in [-0.15, -0.1) is 24.0 Å². The second-order valence-corrected chi connectivity index (χ2v) is 7.44. The molecule has 2 rings (SSSR count). The van der Waals surface area contributed by atoms with Gasteiger partial charge in [0.25, 0.3) is 0 Å². The third-order valence-electron chi connectivity index (χ3n) is 4.20. The first kappa shape index (κ1) is 25.5. The number of hydrogen-bond acceptors (Lipinski definition) is 3. The van der Waals surface area contributed by atoms with Crippen molar-refractivity contribution in [2.75, 3.05) is 31.6 Å². The molecule has 7 nitrogen and oxygen atoms in total. The van der Waals surface area contributed by atoms with Crippen molar-refractivity contribution in [3.05, 3.63) is 29.8 Å². The van der Waals surface area contributed by atoms with Crippen LogP contribution < -0.4 is 21.3 Å². The second kappa shape index (κ2) is 14.4. The normalized spacial score (nSPS) is 13.6. The first-order chi connectivity index (χ1) is 13.6. The van der Waals surface area contributed by atoms with Crippen molar-refractivity contribution < 1.29 is 9.53 Å². The molecule has 8 heteroatoms. The molecule has 1 aromatic rings. The standard InChI is InChI=1S/C21H35N5O2.HI/c1-4-22-20(23-12-5-13-28-15-18-6-7-18)24-14-17-8-10-19(11-9-17)26-21(27)25-16(2)3;/h8-11,16,18H,4-7,12-15H2,1-3H3,(H2,22,23,24)(H2,25,26,27);1H. The van der Waals surface area contributed by atoms with Crippen molar-refractivity contribution in [2.24, 2.45) is 10.9 Å². The van der Waals surface area contributed by atoms with Crippen molar-refractivity contribution in [2.45, 2.75) is 52.6 Å². The Labute approximate surface area is 191 Å². The highest BCUT2D eigenvalue weighted by atomic mass is 127. The molecule has 1 aromatic carbocycles. The third kappa shape index (κ3) is 11.9. The third-order valence-corrected chi connectivity index (χ3v) is 4.20. The number of rotatable bonds is 11. The van der Waals surface area contributed by atoms with Gasteiger partial charge in [0.1, 0.15) is 0 Å². The first-order valence-electron chi connectivity index (χ1n) is 10.3. The molecule has 0 radical (unpaired) electrons. The summed E-state index contributed by atoms with van der Waals surface area (Å²) >= 11 is 0. The van der Waals surface area contributed by atoms with E-state index in [0.29, 0.717) is 6.54 Å². The maximum absolute atomic E-state index is 11.7. The van der Waals surface area contributed by atoms with Crippen LogP contribution in [0.2, 0.25) is 0 Å². The van der Waals surface area contributed by atoms with Crippen LogP contribution in [0.1, 0.15) is 45.6 Å². The Balaban J connectivity index is 0.00000420. The predicted octanol–water partition coefficient (Wildman–Crippen LogP) is 3.71. The predicted molar refractivity (Wildman–Crippen MR) is 130 cm³/mol. The van der Waals surface area contributed by atoms with Crippen LogP contribution in [0, 0.1) is 5.92 Å². The molecule has 0 saturated heterocycles. The van der Waals surface area contributed by atoms with Crippen molar-refractivity contribution in [3.8, 4) is 0 Å². The molecule has 29 heavy (non-hydrogen) atoms. The fourth-order valence-corrected chi connectivity index (χ4v) is 2.55. The summed E-state index contributed by atoms with van der Waals surface area (Å²) in [6, 6.07) is 7.65. The molecule has 1 aliphatic rings. The van der Waals surface area contributed by atoms with Gasteiger partial charge in [0.15, 0.2) is 5.96 Å². The summed E-state index contributed by atoms with van der Waals surface area (Å²) in [5, 5.41) is 12.2. The number of nitrogens with zero attached hydrogens (tertiary/aromatic N) is 1. The van der Waals surface area contributed by atoms with E-state index in [4.69, 9.17) is 4.74 Å². The van der Waals surface area contributed by atoms with Crippen LogP contribution >= 0.6 is 24.0 Å². The molecule has 164 valence electrons. The zero-order valence-electron chi connectivity index (χ0n) is 17.8. The van der Waals surface area contributed by atoms with E-state index in [2.05, 4.69) is 33.2 Å². The summed E-state index contributed by atoms with van der Waals surface area (Å²) in [5.74, 6) is 1.63. The maximum atomic E-state index is 11.7. The number of amides is 2. The lowest BCUT2D eigenvalue weighted by Crippen LogP contribution is -2.38. The zero-order valence-corrected chi connectivity index (χ0v) is 20.1. The molecule has 1 fully saturated rings. The van der Waals surface area contributed by atoms with Crippen LogP contribution in [0.5, 0.6) is 0 Å². The first-order valence-corrected chi connectivity index (χ1v) is 10.3. The minimum Gasteiger partial charge on any atom is -0.381 e. The molecular formula is C21H36IN5O2. The average molecular weight is 517 g/mol. The molecule has 4 N–H and O–H groups in total. The fraction of sp³-hybridized carbons (Fsp3) is 0.619. The minimum absolute atomic E-state index is 0. The number of guanidine groups is 1. The molecule has 0 unspecified atom stereocenters. The van der Waals surface area contributed by atoms with Gasteiger partial charge in [-0.25, -0.2) is 9.79 Å². The lowest BCUT2D eigenvalue weighted by atomic mass is 10.2. The Bertz CT molecular complexity index is 618. The monoisotopic (exact) mass is 517 g/mol. The molecule has 0 aliphatic heterocycles. The van der Waals surface area contributed by atoms with E-state index in [-0.39, 0.29) is 36.0 Å². The Hall–Kier alpha value is -1.55. The molecular weight excluding hydrogens is 481 g/mol. The summed E-state index contributed by atoms with van der Waals surface area (Å²) in [4.78, 5) is 16.4. The van der Waals surface area contributed by atoms with Gasteiger partial charge in [-0.2, -0.15) is 0 Å². The molecule has 1 aliphatic carbocycles. The maximum Gasteiger partial charge on any atom is 0.319 e. The van der Waals surface area contributed by atoms with Crippen LogP contribution in [0.25, 0.3) is 0 Å². The van der Waals surface area contributed by atoms with Crippen LogP contribution in [-0.4, -0.2) is 44.3 Å². The number of ether oxygens (including phenoxy) is 1. The van der Waals surface area contributed by atoms with Gasteiger partial charge in [-0.1, -0.05) is 12.1 Å². The highest BCUT2D eigenvalue weighted by Gasteiger charge is 2.20. The van der Waals surface area contributed by atoms with Crippen LogP contribution in [0.4, 0.5) is 10.5 Å². The van der Waals surface area contributed by atoms with E-state index < -0.39 is 0 Å². The Morgan fingerprint density at radius 1 is 1.21 bits per heavy atom. The zero-order chi connectivity index (χ0) is 20.2. The van der Waals surface area contributed by atoms with Crippen molar-refractivity contribution in [1.82, 2.24) is 16.0 Å². The van der Waals surface area contributed by atoms with Crippen LogP contribution in [0.15, 0.2) is 29.3 Å². The average Bonchev–Trinajstić information content (AvgIpc) is 3.47. The van der Waals surface area contributed by atoms with E-state index in [0.717, 1.165) is 55.9 Å². The van der Waals surface area contributed by atoms with E-state index in [1.54, 1.807) is 0 Å². The Morgan fingerprint density at radius 2 is 1.93 bits per heavy atom. The SMILES string of the molecule is CCNC(=NCc1ccc(NC(=O)NC(C)C)cc1)NCCCOCC1CC1.I. The van der Waals surface area contributed by atoms with E-state index in [1.165, 1.54) is 12.8 Å². The number of anilines is 1. The smallest absolute Gasteiger partial charge is 0.319 e. The van der Waals surface area contributed by atoms with Gasteiger partial charge in [0, 0.05) is 38.0 Å². The summed E-state index contributed by atoms with van der Waals surface area (Å²) < 4.78 is 5.65. The van der Waals surface area contributed by atoms with Gasteiger partial charge in [0.2, 0.25) is 0 Å². The van der Waals surface area contributed by atoms with Crippen molar-refractivity contribution in [1.29, 1.82) is 0 Å². The molecule has 1 saturated carbocycles. The fourth-order valence-electron chi connectivity index (χ4n) is 2.55. The van der Waals surface area contributed by atoms with Crippen molar-refractivity contribution >= 4 is 41.7 Å². The van der Waals surface area contributed by atoms with E-state index in [1.807, 2.05) is 38.1 Å². The Kier molecular flexibility index (Phi) is 12.7. The number of hydrogen-bond donors (Lipinski definition) is 4. The summed E-state index contributed by atoms with van der Waals surface area (Å²) in [5.41, 5.74) is 1.85. The second-order valence-electron chi connectivity index (χ2n) is 7.44. The van der Waals surface area contributed by atoms with Gasteiger partial charge < -0.3 is 26.0 Å². The summed E-state index contributed by atoms with van der Waals surface area (Å²) in [6.45, 7) is 9.85. The molecule has 0 aromatic heterocycles. The van der Waals surface area contributed by atoms with E-state index in [9.17, 15) is 4.79 Å². The number of carbonyl (C=O) groups excluding carboxylic acids is 1. The van der Waals surface area contributed by atoms with Crippen molar-refractivity contribution in [3.63, 3.8) is 0 Å². The highest BCUT2D eigenvalue weighted by molar-refractivity contribution is 14.0. The highest BCUT2D eigenvalue weighted by Crippen LogP contribution is 2.28. The number of halogens is 1. The van der Waals surface area contributed by atoms with Crippen LogP contribution in [0.3, 0.4) is 0 Å². The molecule has 0 heterocycles. The molecule has 0 atom stereocenters. The molecule has 0 bridgehead atoms. The Morgan fingerprint density at radius 3 is 2.55 bits per heavy atom. The van der Waals surface area contributed by atoms with Gasteiger partial charge in [-0.3, -0.25) is 0 Å². The molecule has 2 amide bonds. The number of urea groups is 1. The number of nitrogens with one attached hydrogen (secondary N) is 4. The number of aliphatic imine (C=N–C) groups is 1. The summed E-state index contributed by atoms with van der Waals surface area (Å²) in [7, 11) is 0. The molecule has 0 spiro atoms. The number of benzene rings is 1. The lowest BCUT2D eigenvalue weighted by molar-refractivity contribution is 0.123. The summed E-state index contributed by atoms with van der Waals surface area (Å²) in [6.07, 6.45) is 3.63. The topological polar surface area (TPSA) is 86.8 Å². The van der Waals surface area contributed by atoms with Crippen LogP contribution in [-0.2, 0) is 11.3 Å².